The van der Waals surface area contributed by atoms with Crippen molar-refractivity contribution in [3.8, 4) is 5.75 Å². The van der Waals surface area contributed by atoms with Gasteiger partial charge < -0.3 is 10.1 Å². The van der Waals surface area contributed by atoms with E-state index in [9.17, 15) is 23.2 Å². The van der Waals surface area contributed by atoms with E-state index < -0.39 is 6.61 Å². The highest BCUT2D eigenvalue weighted by Crippen LogP contribution is 2.20. The van der Waals surface area contributed by atoms with Crippen LogP contribution in [0.25, 0.3) is 0 Å². The van der Waals surface area contributed by atoms with Gasteiger partial charge in [0.25, 0.3) is 5.91 Å². The van der Waals surface area contributed by atoms with Gasteiger partial charge in [-0.1, -0.05) is 24.3 Å². The summed E-state index contributed by atoms with van der Waals surface area (Å²) in [5.41, 5.74) is 2.05. The van der Waals surface area contributed by atoms with Crippen LogP contribution in [0.4, 0.5) is 8.78 Å². The number of nitrogens with one attached hydrogen (secondary N) is 2. The molecule has 0 spiro atoms. The van der Waals surface area contributed by atoms with Gasteiger partial charge in [-0.05, 0) is 48.7 Å². The Morgan fingerprint density at radius 3 is 2.34 bits per heavy atom. The molecule has 0 radical (unpaired) electrons. The molecule has 3 rings (SSSR count). The van der Waals surface area contributed by atoms with Crippen LogP contribution in [-0.2, 0) is 16.0 Å². The van der Waals surface area contributed by atoms with Gasteiger partial charge in [-0.25, -0.2) is 0 Å². The van der Waals surface area contributed by atoms with E-state index in [0.29, 0.717) is 12.0 Å². The van der Waals surface area contributed by atoms with Crippen LogP contribution in [0, 0.1) is 5.92 Å². The molecule has 2 aromatic rings. The Morgan fingerprint density at radius 2 is 1.79 bits per heavy atom. The largest absolute Gasteiger partial charge is 0.435 e. The van der Waals surface area contributed by atoms with Gasteiger partial charge in [-0.2, -0.15) is 8.78 Å². The highest BCUT2D eigenvalue weighted by Gasteiger charge is 2.30. The lowest BCUT2D eigenvalue weighted by atomic mass is 9.97. The molecular weight excluding hydrogens is 382 g/mol. The van der Waals surface area contributed by atoms with Crippen LogP contribution >= 0.6 is 0 Å². The fourth-order valence-corrected chi connectivity index (χ4v) is 3.15. The number of halogens is 2. The first-order chi connectivity index (χ1) is 13.8. The molecule has 1 aliphatic rings. The van der Waals surface area contributed by atoms with Gasteiger partial charge in [-0.15, -0.1) is 0 Å². The van der Waals surface area contributed by atoms with Crippen molar-refractivity contribution in [3.63, 3.8) is 0 Å². The van der Waals surface area contributed by atoms with Gasteiger partial charge >= 0.3 is 6.61 Å². The third-order valence-electron chi connectivity index (χ3n) is 4.72. The van der Waals surface area contributed by atoms with E-state index in [0.717, 1.165) is 11.1 Å². The van der Waals surface area contributed by atoms with Crippen LogP contribution in [0.3, 0.4) is 0 Å². The second kappa shape index (κ2) is 8.81. The minimum atomic E-state index is -2.88. The summed E-state index contributed by atoms with van der Waals surface area (Å²) < 4.78 is 28.7. The predicted octanol–water partition coefficient (Wildman–Crippen LogP) is 2.98. The van der Waals surface area contributed by atoms with Gasteiger partial charge in [0.05, 0.1) is 12.0 Å². The zero-order valence-corrected chi connectivity index (χ0v) is 15.7. The molecule has 3 amide bonds. The van der Waals surface area contributed by atoms with Crippen LogP contribution in [0.15, 0.2) is 48.5 Å². The molecule has 2 aromatic carbocycles. The predicted molar refractivity (Wildman–Crippen MR) is 100 cm³/mol. The fourth-order valence-electron chi connectivity index (χ4n) is 3.15. The molecule has 0 unspecified atom stereocenters. The van der Waals surface area contributed by atoms with E-state index >= 15 is 0 Å². The number of ether oxygens (including phenoxy) is 1. The molecule has 1 heterocycles. The number of hydrogen-bond acceptors (Lipinski definition) is 4. The monoisotopic (exact) mass is 402 g/mol. The Hall–Kier alpha value is -3.29. The Kier molecular flexibility index (Phi) is 6.21. The molecule has 152 valence electrons. The van der Waals surface area contributed by atoms with E-state index in [2.05, 4.69) is 15.4 Å². The molecule has 8 heteroatoms. The zero-order chi connectivity index (χ0) is 21.0. The lowest BCUT2D eigenvalue weighted by Crippen LogP contribution is -2.26. The lowest BCUT2D eigenvalue weighted by Gasteiger charge is -2.15. The number of amides is 3. The SMILES string of the molecule is C[C@H](NC(=O)c1ccc(C[C@@H]2CC(=O)NC2=O)cc1)c1ccc(OC(F)F)cc1. The van der Waals surface area contributed by atoms with Gasteiger partial charge in [0.1, 0.15) is 5.75 Å². The normalized spacial score (nSPS) is 17.2. The highest BCUT2D eigenvalue weighted by atomic mass is 19.3. The fraction of sp³-hybridized carbons (Fsp3) is 0.286. The number of rotatable bonds is 7. The Balaban J connectivity index is 1.57. The topological polar surface area (TPSA) is 84.5 Å². The van der Waals surface area contributed by atoms with Gasteiger partial charge in [0, 0.05) is 12.0 Å². The molecule has 0 bridgehead atoms. The van der Waals surface area contributed by atoms with E-state index in [1.54, 1.807) is 43.3 Å². The van der Waals surface area contributed by atoms with Crippen LogP contribution in [0.5, 0.6) is 5.75 Å². The average molecular weight is 402 g/mol. The van der Waals surface area contributed by atoms with E-state index in [1.807, 2.05) is 0 Å². The number of hydrogen-bond donors (Lipinski definition) is 2. The maximum absolute atomic E-state index is 12.4. The molecule has 1 aliphatic heterocycles. The van der Waals surface area contributed by atoms with Crippen molar-refractivity contribution in [3.05, 3.63) is 65.2 Å². The summed E-state index contributed by atoms with van der Waals surface area (Å²) in [5, 5.41) is 5.12. The van der Waals surface area contributed by atoms with Crippen molar-refractivity contribution in [2.24, 2.45) is 5.92 Å². The molecule has 6 nitrogen and oxygen atoms in total. The first kappa shape index (κ1) is 20.4. The molecule has 1 saturated heterocycles. The summed E-state index contributed by atoms with van der Waals surface area (Å²) in [6.07, 6.45) is 0.614. The second-order valence-electron chi connectivity index (χ2n) is 6.86. The summed E-state index contributed by atoms with van der Waals surface area (Å²) in [6.45, 7) is -1.10. The second-order valence-corrected chi connectivity index (χ2v) is 6.86. The van der Waals surface area contributed by atoms with Crippen molar-refractivity contribution in [2.45, 2.75) is 32.4 Å². The third kappa shape index (κ3) is 5.37. The molecule has 0 aliphatic carbocycles. The van der Waals surface area contributed by atoms with Crippen molar-refractivity contribution in [2.75, 3.05) is 0 Å². The van der Waals surface area contributed by atoms with Gasteiger partial charge in [0.15, 0.2) is 0 Å². The summed E-state index contributed by atoms with van der Waals surface area (Å²) in [7, 11) is 0. The summed E-state index contributed by atoms with van der Waals surface area (Å²) >= 11 is 0. The van der Waals surface area contributed by atoms with Crippen molar-refractivity contribution in [1.29, 1.82) is 0 Å². The minimum absolute atomic E-state index is 0.0514. The quantitative estimate of drug-likeness (QED) is 0.698. The molecule has 0 saturated carbocycles. The number of imide groups is 1. The summed E-state index contributed by atoms with van der Waals surface area (Å²) in [5.74, 6) is -1.14. The number of carbonyl (C=O) groups excluding carboxylic acids is 3. The first-order valence-corrected chi connectivity index (χ1v) is 9.10. The third-order valence-corrected chi connectivity index (χ3v) is 4.72. The van der Waals surface area contributed by atoms with Crippen LogP contribution in [0.2, 0.25) is 0 Å². The molecule has 0 aromatic heterocycles. The van der Waals surface area contributed by atoms with E-state index in [1.165, 1.54) is 12.1 Å². The van der Waals surface area contributed by atoms with Crippen LogP contribution in [0.1, 0.15) is 40.9 Å². The number of carbonyl (C=O) groups is 3. The molecule has 29 heavy (non-hydrogen) atoms. The van der Waals surface area contributed by atoms with E-state index in [4.69, 9.17) is 0 Å². The maximum atomic E-state index is 12.4. The van der Waals surface area contributed by atoms with Gasteiger partial charge in [0.2, 0.25) is 11.8 Å². The van der Waals surface area contributed by atoms with Crippen LogP contribution < -0.4 is 15.4 Å². The van der Waals surface area contributed by atoms with Crippen LogP contribution in [-0.4, -0.2) is 24.3 Å². The van der Waals surface area contributed by atoms with Crippen molar-refractivity contribution in [1.82, 2.24) is 10.6 Å². The smallest absolute Gasteiger partial charge is 0.387 e. The standard InChI is InChI=1S/C21H20F2N2O4/c1-12(14-6-8-17(9-7-14)29-21(22)23)24-19(27)15-4-2-13(3-5-15)10-16-11-18(26)25-20(16)28/h2-9,12,16,21H,10-11H2,1H3,(H,24,27)(H,25,26,28)/t12-,16+/m0/s1. The summed E-state index contributed by atoms with van der Waals surface area (Å²) in [6, 6.07) is 12.6. The molecule has 2 N–H and O–H groups in total. The van der Waals surface area contributed by atoms with Crippen molar-refractivity contribution >= 4 is 17.7 Å². The van der Waals surface area contributed by atoms with Crippen molar-refractivity contribution < 1.29 is 27.9 Å². The Labute approximate surface area is 166 Å². The highest BCUT2D eigenvalue weighted by molar-refractivity contribution is 6.03. The minimum Gasteiger partial charge on any atom is -0.435 e. The zero-order valence-electron chi connectivity index (χ0n) is 15.7. The lowest BCUT2D eigenvalue weighted by molar-refractivity contribution is -0.125. The Bertz CT molecular complexity index is 898. The van der Waals surface area contributed by atoms with Gasteiger partial charge in [-0.3, -0.25) is 19.7 Å². The molecular formula is C21H20F2N2O4. The first-order valence-electron chi connectivity index (χ1n) is 9.10. The average Bonchev–Trinajstić information content (AvgIpc) is 2.99. The molecule has 1 fully saturated rings. The number of alkyl halides is 2. The summed E-state index contributed by atoms with van der Waals surface area (Å²) in [4.78, 5) is 35.4. The number of benzene rings is 2. The molecule has 2 atom stereocenters. The Morgan fingerprint density at radius 1 is 1.14 bits per heavy atom. The maximum Gasteiger partial charge on any atom is 0.387 e. The van der Waals surface area contributed by atoms with E-state index in [-0.39, 0.29) is 41.9 Å².